The molecule has 0 aromatic carbocycles. The summed E-state index contributed by atoms with van der Waals surface area (Å²) in [5.74, 6) is 0.834. The fourth-order valence-electron chi connectivity index (χ4n) is 0.969. The van der Waals surface area contributed by atoms with Crippen LogP contribution >= 0.6 is 0 Å². The zero-order chi connectivity index (χ0) is 9.52. The molecule has 4 heteroatoms. The van der Waals surface area contributed by atoms with Crippen LogP contribution in [0.5, 0.6) is 0 Å². The summed E-state index contributed by atoms with van der Waals surface area (Å²) in [7, 11) is 1.63. The van der Waals surface area contributed by atoms with Gasteiger partial charge in [0.2, 0.25) is 5.91 Å². The van der Waals surface area contributed by atoms with Crippen molar-refractivity contribution in [1.29, 1.82) is 0 Å². The van der Waals surface area contributed by atoms with Gasteiger partial charge >= 0.3 is 0 Å². The maximum atomic E-state index is 10.7. The highest BCUT2D eigenvalue weighted by Crippen LogP contribution is 2.28. The summed E-state index contributed by atoms with van der Waals surface area (Å²) in [6, 6.07) is 0. The molecule has 0 heterocycles. The van der Waals surface area contributed by atoms with Gasteiger partial charge < -0.3 is 15.4 Å². The lowest BCUT2D eigenvalue weighted by atomic mass is 10.5. The fourth-order valence-corrected chi connectivity index (χ4v) is 0.969. The molecule has 13 heavy (non-hydrogen) atoms. The number of nitrogens with one attached hydrogen (secondary N) is 2. The number of likely N-dealkylation sites (N-methyl/N-ethyl adjacent to an activating group) is 1. The van der Waals surface area contributed by atoms with Crippen molar-refractivity contribution in [1.82, 2.24) is 10.6 Å². The average Bonchev–Trinajstić information content (AvgIpc) is 2.94. The van der Waals surface area contributed by atoms with Gasteiger partial charge in [-0.25, -0.2) is 0 Å². The van der Waals surface area contributed by atoms with E-state index in [-0.39, 0.29) is 5.91 Å². The van der Waals surface area contributed by atoms with Crippen LogP contribution in [0.25, 0.3) is 0 Å². The molecule has 0 aliphatic heterocycles. The number of amides is 1. The van der Waals surface area contributed by atoms with Gasteiger partial charge in [0.1, 0.15) is 0 Å². The molecule has 1 aliphatic rings. The van der Waals surface area contributed by atoms with Crippen LogP contribution in [0.3, 0.4) is 0 Å². The van der Waals surface area contributed by atoms with E-state index in [2.05, 4.69) is 10.6 Å². The van der Waals surface area contributed by atoms with Crippen LogP contribution in [-0.2, 0) is 9.53 Å². The molecule has 0 bridgehead atoms. The predicted molar refractivity (Wildman–Crippen MR) is 50.5 cm³/mol. The molecule has 0 aromatic heterocycles. The standard InChI is InChI=1S/C9H18N2O2/c1-10-9(12)6-11-4-5-13-7-8-2-3-8/h8,11H,2-7H2,1H3,(H,10,12). The minimum Gasteiger partial charge on any atom is -0.380 e. The lowest BCUT2D eigenvalue weighted by Gasteiger charge is -2.04. The molecule has 0 spiro atoms. The molecule has 4 nitrogen and oxygen atoms in total. The molecule has 0 saturated heterocycles. The van der Waals surface area contributed by atoms with E-state index < -0.39 is 0 Å². The van der Waals surface area contributed by atoms with Crippen molar-refractivity contribution in [3.63, 3.8) is 0 Å². The molecule has 1 aliphatic carbocycles. The first-order chi connectivity index (χ1) is 6.33. The Morgan fingerprint density at radius 3 is 2.92 bits per heavy atom. The van der Waals surface area contributed by atoms with Crippen LogP contribution in [0.1, 0.15) is 12.8 Å². The number of hydrogen-bond donors (Lipinski definition) is 2. The highest BCUT2D eigenvalue weighted by atomic mass is 16.5. The zero-order valence-corrected chi connectivity index (χ0v) is 8.14. The van der Waals surface area contributed by atoms with Gasteiger partial charge in [0.15, 0.2) is 0 Å². The van der Waals surface area contributed by atoms with E-state index in [0.29, 0.717) is 13.2 Å². The van der Waals surface area contributed by atoms with Crippen LogP contribution in [0.15, 0.2) is 0 Å². The van der Waals surface area contributed by atoms with Crippen molar-refractivity contribution >= 4 is 5.91 Å². The second-order valence-corrected chi connectivity index (χ2v) is 3.37. The van der Waals surface area contributed by atoms with E-state index in [1.807, 2.05) is 0 Å². The van der Waals surface area contributed by atoms with Crippen LogP contribution < -0.4 is 10.6 Å². The molecule has 1 amide bonds. The Bertz CT molecular complexity index is 158. The van der Waals surface area contributed by atoms with Gasteiger partial charge in [-0.1, -0.05) is 0 Å². The smallest absolute Gasteiger partial charge is 0.233 e. The topological polar surface area (TPSA) is 50.4 Å². The monoisotopic (exact) mass is 186 g/mol. The van der Waals surface area contributed by atoms with E-state index in [0.717, 1.165) is 19.1 Å². The molecule has 0 unspecified atom stereocenters. The summed E-state index contributed by atoms with van der Waals surface area (Å²) >= 11 is 0. The Hall–Kier alpha value is -0.610. The highest BCUT2D eigenvalue weighted by Gasteiger charge is 2.20. The van der Waals surface area contributed by atoms with Gasteiger partial charge in [-0.05, 0) is 18.8 Å². The number of ether oxygens (including phenoxy) is 1. The Balaban J connectivity index is 1.75. The highest BCUT2D eigenvalue weighted by molar-refractivity contribution is 5.77. The van der Waals surface area contributed by atoms with Crippen LogP contribution in [0.2, 0.25) is 0 Å². The quantitative estimate of drug-likeness (QED) is 0.539. The minimum absolute atomic E-state index is 0.0159. The summed E-state index contributed by atoms with van der Waals surface area (Å²) in [4.78, 5) is 10.7. The van der Waals surface area contributed by atoms with Gasteiger partial charge in [0.05, 0.1) is 13.2 Å². The van der Waals surface area contributed by atoms with Crippen molar-refractivity contribution in [3.05, 3.63) is 0 Å². The van der Waals surface area contributed by atoms with Crippen molar-refractivity contribution in [2.24, 2.45) is 5.92 Å². The third-order valence-electron chi connectivity index (χ3n) is 2.04. The molecule has 0 radical (unpaired) electrons. The second kappa shape index (κ2) is 5.94. The number of hydrogen-bond acceptors (Lipinski definition) is 3. The summed E-state index contributed by atoms with van der Waals surface area (Å²) < 4.78 is 5.38. The molecule has 1 saturated carbocycles. The normalized spacial score (nSPS) is 15.8. The van der Waals surface area contributed by atoms with E-state index in [4.69, 9.17) is 4.74 Å². The number of carbonyl (C=O) groups is 1. The second-order valence-electron chi connectivity index (χ2n) is 3.37. The van der Waals surface area contributed by atoms with E-state index in [1.54, 1.807) is 7.05 Å². The van der Waals surface area contributed by atoms with Gasteiger partial charge in [0.25, 0.3) is 0 Å². The first-order valence-electron chi connectivity index (χ1n) is 4.82. The summed E-state index contributed by atoms with van der Waals surface area (Å²) in [6.45, 7) is 2.72. The van der Waals surface area contributed by atoms with Crippen molar-refractivity contribution in [2.75, 3.05) is 33.4 Å². The van der Waals surface area contributed by atoms with Gasteiger partial charge in [-0.3, -0.25) is 4.79 Å². The minimum atomic E-state index is 0.0159. The third-order valence-corrected chi connectivity index (χ3v) is 2.04. The Labute approximate surface area is 79.0 Å². The Morgan fingerprint density at radius 1 is 1.54 bits per heavy atom. The lowest BCUT2D eigenvalue weighted by molar-refractivity contribution is -0.119. The lowest BCUT2D eigenvalue weighted by Crippen LogP contribution is -2.33. The Kier molecular flexibility index (Phi) is 4.78. The molecule has 0 atom stereocenters. The molecule has 1 rings (SSSR count). The summed E-state index contributed by atoms with van der Waals surface area (Å²) in [5, 5.41) is 5.54. The molecular formula is C9H18N2O2. The fraction of sp³-hybridized carbons (Fsp3) is 0.889. The summed E-state index contributed by atoms with van der Waals surface area (Å²) in [5.41, 5.74) is 0. The van der Waals surface area contributed by atoms with Crippen molar-refractivity contribution < 1.29 is 9.53 Å². The molecular weight excluding hydrogens is 168 g/mol. The molecule has 1 fully saturated rings. The van der Waals surface area contributed by atoms with E-state index >= 15 is 0 Å². The number of rotatable bonds is 7. The molecule has 76 valence electrons. The summed E-state index contributed by atoms with van der Waals surface area (Å²) in [6.07, 6.45) is 2.65. The van der Waals surface area contributed by atoms with E-state index in [9.17, 15) is 4.79 Å². The Morgan fingerprint density at radius 2 is 2.31 bits per heavy atom. The SMILES string of the molecule is CNC(=O)CNCCOCC1CC1. The third kappa shape index (κ3) is 5.60. The molecule has 0 aromatic rings. The van der Waals surface area contributed by atoms with Crippen LogP contribution in [-0.4, -0.2) is 39.3 Å². The van der Waals surface area contributed by atoms with Gasteiger partial charge in [0, 0.05) is 20.2 Å². The van der Waals surface area contributed by atoms with Gasteiger partial charge in [-0.2, -0.15) is 0 Å². The molecule has 2 N–H and O–H groups in total. The predicted octanol–water partition coefficient (Wildman–Crippen LogP) is -0.251. The zero-order valence-electron chi connectivity index (χ0n) is 8.14. The first-order valence-corrected chi connectivity index (χ1v) is 4.82. The van der Waals surface area contributed by atoms with Crippen LogP contribution in [0, 0.1) is 5.92 Å². The van der Waals surface area contributed by atoms with E-state index in [1.165, 1.54) is 12.8 Å². The van der Waals surface area contributed by atoms with Crippen LogP contribution in [0.4, 0.5) is 0 Å². The average molecular weight is 186 g/mol. The largest absolute Gasteiger partial charge is 0.380 e. The van der Waals surface area contributed by atoms with Gasteiger partial charge in [-0.15, -0.1) is 0 Å². The first kappa shape index (κ1) is 10.5. The maximum Gasteiger partial charge on any atom is 0.233 e. The number of carbonyl (C=O) groups excluding carboxylic acids is 1. The van der Waals surface area contributed by atoms with Crippen molar-refractivity contribution in [2.45, 2.75) is 12.8 Å². The van der Waals surface area contributed by atoms with Crippen molar-refractivity contribution in [3.8, 4) is 0 Å². The maximum absolute atomic E-state index is 10.7.